The van der Waals surface area contributed by atoms with Gasteiger partial charge in [0.2, 0.25) is 5.91 Å². The van der Waals surface area contributed by atoms with Crippen LogP contribution >= 0.6 is 0 Å². The first kappa shape index (κ1) is 17.2. The minimum Gasteiger partial charge on any atom is -0.325 e. The summed E-state index contributed by atoms with van der Waals surface area (Å²) in [6.07, 6.45) is 0. The van der Waals surface area contributed by atoms with Crippen molar-refractivity contribution in [1.29, 1.82) is 0 Å². The molecule has 0 radical (unpaired) electrons. The van der Waals surface area contributed by atoms with E-state index in [0.717, 1.165) is 11.3 Å². The van der Waals surface area contributed by atoms with Gasteiger partial charge in [0, 0.05) is 16.9 Å². The highest BCUT2D eigenvalue weighted by atomic mass is 16.2. The maximum atomic E-state index is 12.5. The highest BCUT2D eigenvalue weighted by molar-refractivity contribution is 6.06. The maximum absolute atomic E-state index is 12.5. The second-order valence-corrected chi connectivity index (χ2v) is 7.24. The van der Waals surface area contributed by atoms with Crippen LogP contribution in [0.25, 0.3) is 0 Å². The molecular weight excluding hydrogens is 312 g/mol. The standard InChI is InChI=1S/C21H24N2O2/c1-12(2)14-5-7-15(8-6-14)20(24)22-16-9-10-18-17(11-16)19(13(3)4)21(25)23-18/h5-13,19H,1-4H3,(H,22,24)(H,23,25). The number of benzene rings is 2. The Labute approximate surface area is 148 Å². The molecule has 0 aromatic heterocycles. The molecule has 0 bridgehead atoms. The average molecular weight is 336 g/mol. The number of carbonyl (C=O) groups excluding carboxylic acids is 2. The molecule has 4 heteroatoms. The van der Waals surface area contributed by atoms with E-state index in [1.54, 1.807) is 0 Å². The minimum atomic E-state index is -0.169. The van der Waals surface area contributed by atoms with Gasteiger partial charge in [-0.2, -0.15) is 0 Å². The van der Waals surface area contributed by atoms with Crippen LogP contribution in [0.1, 0.15) is 61.0 Å². The van der Waals surface area contributed by atoms with Crippen LogP contribution in [0, 0.1) is 5.92 Å². The highest BCUT2D eigenvalue weighted by Crippen LogP contribution is 2.38. The summed E-state index contributed by atoms with van der Waals surface area (Å²) in [7, 11) is 0. The molecule has 2 amide bonds. The number of hydrogen-bond acceptors (Lipinski definition) is 2. The number of carbonyl (C=O) groups is 2. The fraction of sp³-hybridized carbons (Fsp3) is 0.333. The van der Waals surface area contributed by atoms with E-state index in [4.69, 9.17) is 0 Å². The molecule has 130 valence electrons. The predicted molar refractivity (Wildman–Crippen MR) is 101 cm³/mol. The minimum absolute atomic E-state index is 0.0257. The summed E-state index contributed by atoms with van der Waals surface area (Å²) in [5.41, 5.74) is 4.33. The van der Waals surface area contributed by atoms with E-state index in [0.29, 0.717) is 17.2 Å². The van der Waals surface area contributed by atoms with E-state index in [9.17, 15) is 9.59 Å². The number of nitrogens with one attached hydrogen (secondary N) is 2. The van der Waals surface area contributed by atoms with Gasteiger partial charge in [0.15, 0.2) is 0 Å². The van der Waals surface area contributed by atoms with Crippen LogP contribution in [0.3, 0.4) is 0 Å². The largest absolute Gasteiger partial charge is 0.325 e. The molecule has 0 aliphatic carbocycles. The van der Waals surface area contributed by atoms with E-state index >= 15 is 0 Å². The van der Waals surface area contributed by atoms with E-state index in [1.807, 2.05) is 56.3 Å². The Morgan fingerprint density at radius 3 is 2.32 bits per heavy atom. The van der Waals surface area contributed by atoms with Gasteiger partial charge in [-0.05, 0) is 53.3 Å². The Kier molecular flexibility index (Phi) is 4.62. The zero-order valence-corrected chi connectivity index (χ0v) is 15.1. The summed E-state index contributed by atoms with van der Waals surface area (Å²) < 4.78 is 0. The molecule has 4 nitrogen and oxygen atoms in total. The molecule has 0 fully saturated rings. The third-order valence-electron chi connectivity index (χ3n) is 4.69. The summed E-state index contributed by atoms with van der Waals surface area (Å²) in [6.45, 7) is 8.31. The molecule has 1 heterocycles. The van der Waals surface area contributed by atoms with Gasteiger partial charge in [-0.15, -0.1) is 0 Å². The van der Waals surface area contributed by atoms with E-state index < -0.39 is 0 Å². The number of anilines is 2. The fourth-order valence-electron chi connectivity index (χ4n) is 3.25. The van der Waals surface area contributed by atoms with Crippen molar-refractivity contribution in [2.45, 2.75) is 39.5 Å². The van der Waals surface area contributed by atoms with Crippen LogP contribution in [0.4, 0.5) is 11.4 Å². The summed E-state index contributed by atoms with van der Waals surface area (Å²) in [6, 6.07) is 13.2. The molecule has 1 atom stereocenters. The lowest BCUT2D eigenvalue weighted by Gasteiger charge is -2.14. The number of fused-ring (bicyclic) bond motifs is 1. The Morgan fingerprint density at radius 2 is 1.72 bits per heavy atom. The summed E-state index contributed by atoms with van der Waals surface area (Å²) in [4.78, 5) is 24.6. The van der Waals surface area contributed by atoms with Gasteiger partial charge in [-0.3, -0.25) is 9.59 Å². The Hall–Kier alpha value is -2.62. The van der Waals surface area contributed by atoms with Crippen LogP contribution in [-0.4, -0.2) is 11.8 Å². The lowest BCUT2D eigenvalue weighted by atomic mass is 9.89. The molecule has 1 aliphatic heterocycles. The van der Waals surface area contributed by atoms with Crippen LogP contribution in [-0.2, 0) is 4.79 Å². The second-order valence-electron chi connectivity index (χ2n) is 7.24. The van der Waals surface area contributed by atoms with E-state index in [-0.39, 0.29) is 23.7 Å². The normalized spacial score (nSPS) is 16.1. The molecule has 2 aromatic rings. The molecule has 1 aliphatic rings. The second kappa shape index (κ2) is 6.71. The first-order valence-electron chi connectivity index (χ1n) is 8.73. The van der Waals surface area contributed by atoms with E-state index in [2.05, 4.69) is 24.5 Å². The van der Waals surface area contributed by atoms with Gasteiger partial charge in [0.1, 0.15) is 0 Å². The van der Waals surface area contributed by atoms with Crippen molar-refractivity contribution in [1.82, 2.24) is 0 Å². The number of amides is 2. The van der Waals surface area contributed by atoms with Crippen molar-refractivity contribution in [3.05, 3.63) is 59.2 Å². The van der Waals surface area contributed by atoms with Crippen molar-refractivity contribution in [2.24, 2.45) is 5.92 Å². The van der Waals surface area contributed by atoms with Crippen molar-refractivity contribution in [2.75, 3.05) is 10.6 Å². The molecule has 0 saturated carbocycles. The third-order valence-corrected chi connectivity index (χ3v) is 4.69. The quantitative estimate of drug-likeness (QED) is 0.846. The zero-order chi connectivity index (χ0) is 18.1. The fourth-order valence-corrected chi connectivity index (χ4v) is 3.25. The van der Waals surface area contributed by atoms with E-state index in [1.165, 1.54) is 5.56 Å². The van der Waals surface area contributed by atoms with Gasteiger partial charge < -0.3 is 10.6 Å². The monoisotopic (exact) mass is 336 g/mol. The van der Waals surface area contributed by atoms with Gasteiger partial charge in [0.05, 0.1) is 5.92 Å². The van der Waals surface area contributed by atoms with Crippen LogP contribution in [0.15, 0.2) is 42.5 Å². The first-order chi connectivity index (χ1) is 11.9. The van der Waals surface area contributed by atoms with Gasteiger partial charge in [-0.25, -0.2) is 0 Å². The van der Waals surface area contributed by atoms with Crippen LogP contribution < -0.4 is 10.6 Å². The molecule has 2 N–H and O–H groups in total. The average Bonchev–Trinajstić information content (AvgIpc) is 2.90. The molecular formula is C21H24N2O2. The predicted octanol–water partition coefficient (Wildman–Crippen LogP) is 4.75. The summed E-state index contributed by atoms with van der Waals surface area (Å²) in [5.74, 6) is 0.353. The number of rotatable bonds is 4. The van der Waals surface area contributed by atoms with Crippen molar-refractivity contribution < 1.29 is 9.59 Å². The SMILES string of the molecule is CC(C)c1ccc(C(=O)Nc2ccc3c(c2)C(C(C)C)C(=O)N3)cc1. The third kappa shape index (κ3) is 3.43. The van der Waals surface area contributed by atoms with Crippen LogP contribution in [0.5, 0.6) is 0 Å². The Bertz CT molecular complexity index is 807. The van der Waals surface area contributed by atoms with Gasteiger partial charge >= 0.3 is 0 Å². The van der Waals surface area contributed by atoms with Gasteiger partial charge in [0.25, 0.3) is 5.91 Å². The summed E-state index contributed by atoms with van der Waals surface area (Å²) in [5, 5.41) is 5.84. The maximum Gasteiger partial charge on any atom is 0.255 e. The molecule has 1 unspecified atom stereocenters. The first-order valence-corrected chi connectivity index (χ1v) is 8.73. The van der Waals surface area contributed by atoms with Crippen molar-refractivity contribution in [3.63, 3.8) is 0 Å². The van der Waals surface area contributed by atoms with Crippen molar-refractivity contribution >= 4 is 23.2 Å². The van der Waals surface area contributed by atoms with Crippen LogP contribution in [0.2, 0.25) is 0 Å². The number of hydrogen-bond donors (Lipinski definition) is 2. The summed E-state index contributed by atoms with van der Waals surface area (Å²) >= 11 is 0. The highest BCUT2D eigenvalue weighted by Gasteiger charge is 2.33. The Balaban J connectivity index is 1.80. The topological polar surface area (TPSA) is 58.2 Å². The van der Waals surface area contributed by atoms with Crippen molar-refractivity contribution in [3.8, 4) is 0 Å². The zero-order valence-electron chi connectivity index (χ0n) is 15.1. The smallest absolute Gasteiger partial charge is 0.255 e. The lowest BCUT2D eigenvalue weighted by Crippen LogP contribution is -2.17. The molecule has 0 saturated heterocycles. The molecule has 2 aromatic carbocycles. The Morgan fingerprint density at radius 1 is 1.04 bits per heavy atom. The molecule has 25 heavy (non-hydrogen) atoms. The molecule has 0 spiro atoms. The lowest BCUT2D eigenvalue weighted by molar-refractivity contribution is -0.117. The molecule has 3 rings (SSSR count). The van der Waals surface area contributed by atoms with Gasteiger partial charge in [-0.1, -0.05) is 39.8 Å².